The molecule has 0 unspecified atom stereocenters. The van der Waals surface area contributed by atoms with Gasteiger partial charge in [-0.1, -0.05) is 0 Å². The van der Waals surface area contributed by atoms with Gasteiger partial charge in [0.1, 0.15) is 17.7 Å². The molecule has 5 heteroatoms. The first-order valence-corrected chi connectivity index (χ1v) is 3.66. The summed E-state index contributed by atoms with van der Waals surface area (Å²) in [5.74, 6) is 0.0894. The maximum Gasteiger partial charge on any atom is 0.256 e. The van der Waals surface area contributed by atoms with E-state index in [9.17, 15) is 4.79 Å². The normalized spacial score (nSPS) is 15.2. The van der Waals surface area contributed by atoms with Crippen LogP contribution in [-0.4, -0.2) is 22.4 Å². The van der Waals surface area contributed by atoms with Crippen molar-refractivity contribution in [3.63, 3.8) is 0 Å². The molecule has 62 valence electrons. The summed E-state index contributed by atoms with van der Waals surface area (Å²) in [7, 11) is 0. The predicted molar refractivity (Wildman–Crippen MR) is 42.5 cm³/mol. The molecule has 0 bridgehead atoms. The first-order valence-electron chi connectivity index (χ1n) is 3.66. The minimum Gasteiger partial charge on any atom is -0.383 e. The lowest BCUT2D eigenvalue weighted by Crippen LogP contribution is -2.33. The van der Waals surface area contributed by atoms with Gasteiger partial charge in [-0.15, -0.1) is 0 Å². The van der Waals surface area contributed by atoms with Crippen molar-refractivity contribution in [3.05, 3.63) is 17.6 Å². The number of nitrogens with one attached hydrogen (secondary N) is 1. The highest BCUT2D eigenvalue weighted by atomic mass is 16.1. The van der Waals surface area contributed by atoms with Crippen LogP contribution < -0.4 is 11.1 Å². The van der Waals surface area contributed by atoms with Crippen molar-refractivity contribution in [3.8, 4) is 0 Å². The van der Waals surface area contributed by atoms with Crippen LogP contribution in [0.5, 0.6) is 0 Å². The Morgan fingerprint density at radius 1 is 1.50 bits per heavy atom. The Kier molecular flexibility index (Phi) is 1.43. The summed E-state index contributed by atoms with van der Waals surface area (Å²) in [4.78, 5) is 19.0. The number of amides is 1. The third-order valence-corrected chi connectivity index (χ3v) is 1.83. The molecular weight excluding hydrogens is 156 g/mol. The van der Waals surface area contributed by atoms with Gasteiger partial charge in [-0.05, 0) is 0 Å². The lowest BCUT2D eigenvalue weighted by atomic mass is 10.1. The summed E-state index contributed by atoms with van der Waals surface area (Å²) in [5.41, 5.74) is 6.70. The van der Waals surface area contributed by atoms with Crippen molar-refractivity contribution in [2.75, 3.05) is 12.3 Å². The van der Waals surface area contributed by atoms with Crippen LogP contribution in [0.3, 0.4) is 0 Å². The average Bonchev–Trinajstić information content (AvgIpc) is 2.04. The van der Waals surface area contributed by atoms with E-state index in [2.05, 4.69) is 15.3 Å². The van der Waals surface area contributed by atoms with Crippen molar-refractivity contribution < 1.29 is 4.79 Å². The summed E-state index contributed by atoms with van der Waals surface area (Å²) in [6, 6.07) is 0. The predicted octanol–water partition coefficient (Wildman–Crippen LogP) is -0.655. The number of rotatable bonds is 0. The summed E-state index contributed by atoms with van der Waals surface area (Å²) in [6.45, 7) is 0.627. The minimum atomic E-state index is -0.172. The van der Waals surface area contributed by atoms with Crippen molar-refractivity contribution in [1.82, 2.24) is 15.3 Å². The van der Waals surface area contributed by atoms with E-state index in [1.165, 1.54) is 6.33 Å². The number of anilines is 1. The Morgan fingerprint density at radius 2 is 2.33 bits per heavy atom. The lowest BCUT2D eigenvalue weighted by molar-refractivity contribution is 0.0945. The van der Waals surface area contributed by atoms with Crippen LogP contribution in [0.2, 0.25) is 0 Å². The topological polar surface area (TPSA) is 80.9 Å². The number of hydrogen-bond donors (Lipinski definition) is 2. The highest BCUT2D eigenvalue weighted by molar-refractivity contribution is 6.00. The van der Waals surface area contributed by atoms with Crippen molar-refractivity contribution in [1.29, 1.82) is 0 Å². The van der Waals surface area contributed by atoms with E-state index in [1.807, 2.05) is 0 Å². The van der Waals surface area contributed by atoms with Crippen LogP contribution in [0.1, 0.15) is 16.1 Å². The molecule has 0 radical (unpaired) electrons. The first kappa shape index (κ1) is 7.02. The molecule has 1 aromatic heterocycles. The number of carbonyl (C=O) groups is 1. The molecule has 12 heavy (non-hydrogen) atoms. The average molecular weight is 164 g/mol. The van der Waals surface area contributed by atoms with Gasteiger partial charge in [0, 0.05) is 13.0 Å². The highest BCUT2D eigenvalue weighted by Gasteiger charge is 2.20. The lowest BCUT2D eigenvalue weighted by Gasteiger charge is -2.15. The van der Waals surface area contributed by atoms with Crippen LogP contribution in [0.15, 0.2) is 6.33 Å². The Hall–Kier alpha value is -1.65. The van der Waals surface area contributed by atoms with E-state index in [0.717, 1.165) is 12.1 Å². The SMILES string of the molecule is Nc1ncnc2c1C(=O)NCC2. The smallest absolute Gasteiger partial charge is 0.256 e. The van der Waals surface area contributed by atoms with Gasteiger partial charge < -0.3 is 11.1 Å². The Morgan fingerprint density at radius 3 is 3.08 bits per heavy atom. The zero-order chi connectivity index (χ0) is 8.55. The highest BCUT2D eigenvalue weighted by Crippen LogP contribution is 2.14. The second-order valence-corrected chi connectivity index (χ2v) is 2.59. The van der Waals surface area contributed by atoms with Gasteiger partial charge in [0.15, 0.2) is 0 Å². The fourth-order valence-corrected chi connectivity index (χ4v) is 1.26. The molecule has 0 aromatic carbocycles. The van der Waals surface area contributed by atoms with E-state index < -0.39 is 0 Å². The molecule has 0 spiro atoms. The molecule has 1 aliphatic heterocycles. The molecule has 1 aromatic rings. The summed E-state index contributed by atoms with van der Waals surface area (Å²) in [6.07, 6.45) is 2.11. The van der Waals surface area contributed by atoms with E-state index >= 15 is 0 Å². The van der Waals surface area contributed by atoms with Gasteiger partial charge in [0.25, 0.3) is 5.91 Å². The molecule has 0 fully saturated rings. The fraction of sp³-hybridized carbons (Fsp3) is 0.286. The molecule has 2 heterocycles. The molecule has 0 saturated heterocycles. The largest absolute Gasteiger partial charge is 0.383 e. The molecule has 2 rings (SSSR count). The van der Waals surface area contributed by atoms with Gasteiger partial charge in [-0.3, -0.25) is 4.79 Å². The monoisotopic (exact) mass is 164 g/mol. The first-order chi connectivity index (χ1) is 5.79. The molecule has 3 N–H and O–H groups in total. The number of hydrogen-bond acceptors (Lipinski definition) is 4. The van der Waals surface area contributed by atoms with Crippen molar-refractivity contribution in [2.24, 2.45) is 0 Å². The Bertz CT molecular complexity index is 336. The third kappa shape index (κ3) is 0.903. The number of carbonyl (C=O) groups excluding carboxylic acids is 1. The van der Waals surface area contributed by atoms with Crippen LogP contribution >= 0.6 is 0 Å². The van der Waals surface area contributed by atoms with E-state index in [4.69, 9.17) is 5.73 Å². The Balaban J connectivity index is 2.60. The van der Waals surface area contributed by atoms with E-state index in [0.29, 0.717) is 12.1 Å². The number of aromatic nitrogens is 2. The zero-order valence-corrected chi connectivity index (χ0v) is 6.37. The molecule has 0 aliphatic carbocycles. The molecule has 0 atom stereocenters. The zero-order valence-electron chi connectivity index (χ0n) is 6.37. The van der Waals surface area contributed by atoms with Gasteiger partial charge >= 0.3 is 0 Å². The van der Waals surface area contributed by atoms with Crippen LogP contribution in [0, 0.1) is 0 Å². The van der Waals surface area contributed by atoms with Crippen molar-refractivity contribution >= 4 is 11.7 Å². The van der Waals surface area contributed by atoms with Gasteiger partial charge in [-0.2, -0.15) is 0 Å². The molecule has 5 nitrogen and oxygen atoms in total. The second-order valence-electron chi connectivity index (χ2n) is 2.59. The fourth-order valence-electron chi connectivity index (χ4n) is 1.26. The number of nitrogen functional groups attached to an aromatic ring is 1. The van der Waals surface area contributed by atoms with Gasteiger partial charge in [0.05, 0.1) is 5.69 Å². The maximum atomic E-state index is 11.2. The quantitative estimate of drug-likeness (QED) is 0.533. The minimum absolute atomic E-state index is 0.172. The number of nitrogens with two attached hydrogens (primary N) is 1. The summed E-state index contributed by atoms with van der Waals surface area (Å²) >= 11 is 0. The molecular formula is C7H8N4O. The van der Waals surface area contributed by atoms with Crippen LogP contribution in [-0.2, 0) is 6.42 Å². The maximum absolute atomic E-state index is 11.2. The van der Waals surface area contributed by atoms with Crippen molar-refractivity contribution in [2.45, 2.75) is 6.42 Å². The van der Waals surface area contributed by atoms with Gasteiger partial charge in [-0.25, -0.2) is 9.97 Å². The number of fused-ring (bicyclic) bond motifs is 1. The van der Waals surface area contributed by atoms with Gasteiger partial charge in [0.2, 0.25) is 0 Å². The number of nitrogens with zero attached hydrogens (tertiary/aromatic N) is 2. The molecule has 1 aliphatic rings. The van der Waals surface area contributed by atoms with Crippen LogP contribution in [0.25, 0.3) is 0 Å². The van der Waals surface area contributed by atoms with E-state index in [1.54, 1.807) is 0 Å². The second kappa shape index (κ2) is 2.44. The van der Waals surface area contributed by atoms with Crippen LogP contribution in [0.4, 0.5) is 5.82 Å². The van der Waals surface area contributed by atoms with E-state index in [-0.39, 0.29) is 11.7 Å². The standard InChI is InChI=1S/C7H8N4O/c8-6-5-4(10-3-11-6)1-2-9-7(5)12/h3H,1-2H2,(H,9,12)(H2,8,10,11). The molecule has 0 saturated carbocycles. The summed E-state index contributed by atoms with van der Waals surface area (Å²) < 4.78 is 0. The summed E-state index contributed by atoms with van der Waals surface area (Å²) in [5, 5.41) is 2.68. The third-order valence-electron chi connectivity index (χ3n) is 1.83. The molecule has 1 amide bonds. The Labute approximate surface area is 69.0 Å².